The van der Waals surface area contributed by atoms with Crippen molar-refractivity contribution in [3.63, 3.8) is 0 Å². The van der Waals surface area contributed by atoms with Gasteiger partial charge in [0.15, 0.2) is 0 Å². The van der Waals surface area contributed by atoms with Crippen molar-refractivity contribution in [1.82, 2.24) is 5.32 Å². The fourth-order valence-corrected chi connectivity index (χ4v) is 2.59. The van der Waals surface area contributed by atoms with E-state index in [0.29, 0.717) is 12.3 Å². The topological polar surface area (TPSA) is 29.1 Å². The minimum atomic E-state index is 0.0765. The van der Waals surface area contributed by atoms with Crippen LogP contribution in [0.25, 0.3) is 0 Å². The Bertz CT molecular complexity index is 563. The Morgan fingerprint density at radius 3 is 2.14 bits per heavy atom. The number of aryl methyl sites for hydroxylation is 1. The van der Waals surface area contributed by atoms with Crippen LogP contribution in [-0.4, -0.2) is 5.91 Å². The fourth-order valence-electron chi connectivity index (χ4n) is 2.59. The molecule has 116 valence electrons. The van der Waals surface area contributed by atoms with Gasteiger partial charge in [0.2, 0.25) is 5.91 Å². The van der Waals surface area contributed by atoms with E-state index in [0.717, 1.165) is 12.8 Å². The van der Waals surface area contributed by atoms with Crippen molar-refractivity contribution < 1.29 is 4.79 Å². The third-order valence-corrected chi connectivity index (χ3v) is 3.70. The molecule has 0 aliphatic heterocycles. The average molecular weight is 295 g/mol. The molecule has 1 N–H and O–H groups in total. The number of rotatable bonds is 7. The molecule has 0 aliphatic rings. The fraction of sp³-hybridized carbons (Fsp3) is 0.350. The number of benzene rings is 2. The molecule has 0 radical (unpaired) electrons. The summed E-state index contributed by atoms with van der Waals surface area (Å²) in [6, 6.07) is 20.7. The molecule has 1 amide bonds. The van der Waals surface area contributed by atoms with Gasteiger partial charge in [-0.3, -0.25) is 4.79 Å². The number of nitrogens with one attached hydrogen (secondary N) is 1. The first-order valence-corrected chi connectivity index (χ1v) is 8.03. The Kier molecular flexibility index (Phi) is 6.20. The number of amides is 1. The minimum Gasteiger partial charge on any atom is -0.349 e. The summed E-state index contributed by atoms with van der Waals surface area (Å²) in [5.41, 5.74) is 2.48. The van der Waals surface area contributed by atoms with Crippen molar-refractivity contribution in [3.05, 3.63) is 71.8 Å². The van der Waals surface area contributed by atoms with Crippen molar-refractivity contribution in [1.29, 1.82) is 0 Å². The normalized spacial score (nSPS) is 12.1. The smallest absolute Gasteiger partial charge is 0.220 e. The Balaban J connectivity index is 2.03. The molecule has 0 fully saturated rings. The summed E-state index contributed by atoms with van der Waals surface area (Å²) >= 11 is 0. The van der Waals surface area contributed by atoms with Gasteiger partial charge in [-0.15, -0.1) is 0 Å². The van der Waals surface area contributed by atoms with Gasteiger partial charge in [0.05, 0.1) is 6.04 Å². The van der Waals surface area contributed by atoms with Crippen molar-refractivity contribution in [3.8, 4) is 0 Å². The van der Waals surface area contributed by atoms with Crippen LogP contribution in [0.4, 0.5) is 0 Å². The highest BCUT2D eigenvalue weighted by atomic mass is 16.1. The minimum absolute atomic E-state index is 0.0765. The summed E-state index contributed by atoms with van der Waals surface area (Å²) in [4.78, 5) is 12.1. The van der Waals surface area contributed by atoms with E-state index >= 15 is 0 Å². The predicted molar refractivity (Wildman–Crippen MR) is 91.5 cm³/mol. The molecule has 2 heteroatoms. The van der Waals surface area contributed by atoms with Gasteiger partial charge in [0.25, 0.3) is 0 Å². The molecule has 2 nitrogen and oxygen atoms in total. The lowest BCUT2D eigenvalue weighted by Gasteiger charge is -2.20. The summed E-state index contributed by atoms with van der Waals surface area (Å²) in [6.07, 6.45) is 2.45. The summed E-state index contributed by atoms with van der Waals surface area (Å²) in [5, 5.41) is 3.20. The van der Waals surface area contributed by atoms with Crippen LogP contribution in [0.2, 0.25) is 0 Å². The zero-order valence-electron chi connectivity index (χ0n) is 13.5. The molecular formula is C20H25NO. The Morgan fingerprint density at radius 2 is 1.55 bits per heavy atom. The predicted octanol–water partition coefficient (Wildman–Crippen LogP) is 4.52. The number of carbonyl (C=O) groups excluding carboxylic acids is 1. The molecule has 2 aromatic carbocycles. The first kappa shape index (κ1) is 16.3. The van der Waals surface area contributed by atoms with Crippen LogP contribution in [-0.2, 0) is 11.2 Å². The maximum Gasteiger partial charge on any atom is 0.220 e. The maximum absolute atomic E-state index is 12.1. The molecule has 0 saturated carbocycles. The lowest BCUT2D eigenvalue weighted by atomic mass is 9.98. The van der Waals surface area contributed by atoms with Crippen LogP contribution < -0.4 is 5.32 Å². The van der Waals surface area contributed by atoms with Gasteiger partial charge in [-0.25, -0.2) is 0 Å². The van der Waals surface area contributed by atoms with E-state index in [1.807, 2.05) is 24.3 Å². The summed E-state index contributed by atoms with van der Waals surface area (Å²) in [5.74, 6) is 0.516. The quantitative estimate of drug-likeness (QED) is 0.799. The van der Waals surface area contributed by atoms with Crippen LogP contribution in [0.3, 0.4) is 0 Å². The Labute approximate surface area is 133 Å². The van der Waals surface area contributed by atoms with Gasteiger partial charge in [-0.2, -0.15) is 0 Å². The molecule has 0 bridgehead atoms. The molecule has 2 aromatic rings. The number of carbonyl (C=O) groups is 1. The first-order chi connectivity index (χ1) is 10.6. The molecule has 1 unspecified atom stereocenters. The van der Waals surface area contributed by atoms with E-state index in [2.05, 4.69) is 55.6 Å². The zero-order chi connectivity index (χ0) is 15.8. The molecule has 0 aromatic heterocycles. The molecule has 22 heavy (non-hydrogen) atoms. The second kappa shape index (κ2) is 8.38. The van der Waals surface area contributed by atoms with Crippen LogP contribution in [0.15, 0.2) is 60.7 Å². The van der Waals surface area contributed by atoms with Gasteiger partial charge in [0.1, 0.15) is 0 Å². The van der Waals surface area contributed by atoms with Crippen LogP contribution >= 0.6 is 0 Å². The van der Waals surface area contributed by atoms with Crippen LogP contribution in [0, 0.1) is 5.92 Å². The van der Waals surface area contributed by atoms with Crippen molar-refractivity contribution >= 4 is 5.91 Å². The summed E-state index contributed by atoms with van der Waals surface area (Å²) in [6.45, 7) is 4.14. The third kappa shape index (κ3) is 5.36. The molecular weight excluding hydrogens is 270 g/mol. The highest BCUT2D eigenvalue weighted by molar-refractivity contribution is 5.76. The van der Waals surface area contributed by atoms with Gasteiger partial charge >= 0.3 is 0 Å². The van der Waals surface area contributed by atoms with E-state index in [9.17, 15) is 4.79 Å². The summed E-state index contributed by atoms with van der Waals surface area (Å²) < 4.78 is 0. The number of hydrogen-bond acceptors (Lipinski definition) is 1. The molecule has 1 atom stereocenters. The highest BCUT2D eigenvalue weighted by Gasteiger charge is 2.15. The van der Waals surface area contributed by atoms with E-state index in [-0.39, 0.29) is 11.9 Å². The largest absolute Gasteiger partial charge is 0.349 e. The summed E-state index contributed by atoms with van der Waals surface area (Å²) in [7, 11) is 0. The molecule has 0 saturated heterocycles. The molecule has 2 rings (SSSR count). The lowest BCUT2D eigenvalue weighted by molar-refractivity contribution is -0.122. The number of hydrogen-bond donors (Lipinski definition) is 1. The molecule has 0 aliphatic carbocycles. The lowest BCUT2D eigenvalue weighted by Crippen LogP contribution is -2.29. The van der Waals surface area contributed by atoms with Crippen molar-refractivity contribution in [2.24, 2.45) is 5.92 Å². The van der Waals surface area contributed by atoms with Gasteiger partial charge < -0.3 is 5.32 Å². The van der Waals surface area contributed by atoms with Gasteiger partial charge in [0, 0.05) is 6.42 Å². The first-order valence-electron chi connectivity index (χ1n) is 8.03. The van der Waals surface area contributed by atoms with E-state index in [4.69, 9.17) is 0 Å². The van der Waals surface area contributed by atoms with E-state index < -0.39 is 0 Å². The van der Waals surface area contributed by atoms with Gasteiger partial charge in [-0.1, -0.05) is 74.5 Å². The third-order valence-electron chi connectivity index (χ3n) is 3.70. The van der Waals surface area contributed by atoms with E-state index in [1.54, 1.807) is 0 Å². The molecule has 0 heterocycles. The Hall–Kier alpha value is -2.09. The standard InChI is InChI=1S/C20H25NO/c1-16(2)15-20(22)21-19(18-11-7-4-8-12-18)14-13-17-9-5-3-6-10-17/h3-12,16,19H,13-15H2,1-2H3,(H,21,22). The maximum atomic E-state index is 12.1. The van der Waals surface area contributed by atoms with Gasteiger partial charge in [-0.05, 0) is 29.9 Å². The SMILES string of the molecule is CC(C)CC(=O)NC(CCc1ccccc1)c1ccccc1. The highest BCUT2D eigenvalue weighted by Crippen LogP contribution is 2.19. The van der Waals surface area contributed by atoms with Crippen molar-refractivity contribution in [2.75, 3.05) is 0 Å². The monoisotopic (exact) mass is 295 g/mol. The van der Waals surface area contributed by atoms with Crippen LogP contribution in [0.1, 0.15) is 43.9 Å². The van der Waals surface area contributed by atoms with Crippen molar-refractivity contribution in [2.45, 2.75) is 39.2 Å². The second-order valence-corrected chi connectivity index (χ2v) is 6.15. The second-order valence-electron chi connectivity index (χ2n) is 6.15. The van der Waals surface area contributed by atoms with Crippen LogP contribution in [0.5, 0.6) is 0 Å². The van der Waals surface area contributed by atoms with E-state index in [1.165, 1.54) is 11.1 Å². The average Bonchev–Trinajstić information content (AvgIpc) is 2.52. The Morgan fingerprint density at radius 1 is 0.955 bits per heavy atom. The molecule has 0 spiro atoms. The zero-order valence-corrected chi connectivity index (χ0v) is 13.5.